The summed E-state index contributed by atoms with van der Waals surface area (Å²) in [7, 11) is 1.58. The first kappa shape index (κ1) is 13.6. The van der Waals surface area contributed by atoms with E-state index in [0.717, 1.165) is 24.0 Å². The summed E-state index contributed by atoms with van der Waals surface area (Å²) in [5.41, 5.74) is 1.88. The summed E-state index contributed by atoms with van der Waals surface area (Å²) < 4.78 is 5.33. The molecule has 19 heavy (non-hydrogen) atoms. The van der Waals surface area contributed by atoms with E-state index in [2.05, 4.69) is 11.9 Å². The summed E-state index contributed by atoms with van der Waals surface area (Å²) >= 11 is 0. The molecule has 0 fully saturated rings. The van der Waals surface area contributed by atoms with Crippen LogP contribution in [0.5, 0.6) is 5.75 Å². The molecule has 0 bridgehead atoms. The van der Waals surface area contributed by atoms with Crippen LogP contribution in [0.15, 0.2) is 30.9 Å². The Morgan fingerprint density at radius 3 is 3.05 bits per heavy atom. The van der Waals surface area contributed by atoms with Crippen LogP contribution < -0.4 is 10.1 Å². The van der Waals surface area contributed by atoms with Gasteiger partial charge in [-0.15, -0.1) is 6.58 Å². The van der Waals surface area contributed by atoms with Crippen molar-refractivity contribution in [2.75, 3.05) is 13.7 Å². The number of carboxylic acids is 1. The van der Waals surface area contributed by atoms with E-state index in [-0.39, 0.29) is 6.04 Å². The van der Waals surface area contributed by atoms with Gasteiger partial charge in [0, 0.05) is 18.2 Å². The summed E-state index contributed by atoms with van der Waals surface area (Å²) in [5, 5.41) is 12.8. The Hall–Kier alpha value is -1.81. The average molecular weight is 261 g/mol. The molecule has 4 heteroatoms. The second kappa shape index (κ2) is 5.89. The van der Waals surface area contributed by atoms with E-state index < -0.39 is 11.9 Å². The molecule has 0 amide bonds. The minimum absolute atomic E-state index is 0.0840. The largest absolute Gasteiger partial charge is 0.496 e. The van der Waals surface area contributed by atoms with Crippen LogP contribution in [0.3, 0.4) is 0 Å². The van der Waals surface area contributed by atoms with E-state index in [4.69, 9.17) is 4.74 Å². The van der Waals surface area contributed by atoms with Crippen LogP contribution in [-0.2, 0) is 11.2 Å². The molecule has 1 aliphatic rings. The molecule has 2 N–H and O–H groups in total. The Balaban J connectivity index is 2.41. The van der Waals surface area contributed by atoms with Crippen LogP contribution >= 0.6 is 0 Å². The van der Waals surface area contributed by atoms with Gasteiger partial charge in [-0.1, -0.05) is 18.2 Å². The maximum atomic E-state index is 11.6. The number of aryl methyl sites for hydroxylation is 1. The summed E-state index contributed by atoms with van der Waals surface area (Å²) in [5.74, 6) is -0.720. The molecule has 0 aliphatic heterocycles. The zero-order chi connectivity index (χ0) is 13.8. The van der Waals surface area contributed by atoms with Gasteiger partial charge in [0.15, 0.2) is 0 Å². The van der Waals surface area contributed by atoms with Gasteiger partial charge in [0.25, 0.3) is 0 Å². The average Bonchev–Trinajstić information content (AvgIpc) is 2.43. The number of fused-ring (bicyclic) bond motifs is 1. The van der Waals surface area contributed by atoms with Gasteiger partial charge in [-0.2, -0.15) is 0 Å². The van der Waals surface area contributed by atoms with Crippen molar-refractivity contribution in [2.45, 2.75) is 24.8 Å². The van der Waals surface area contributed by atoms with E-state index in [1.54, 1.807) is 13.2 Å². The third-order valence-corrected chi connectivity index (χ3v) is 3.60. The Kier molecular flexibility index (Phi) is 4.22. The fourth-order valence-corrected chi connectivity index (χ4v) is 2.77. The van der Waals surface area contributed by atoms with Crippen LogP contribution in [0.25, 0.3) is 0 Å². The van der Waals surface area contributed by atoms with E-state index in [9.17, 15) is 9.90 Å². The summed E-state index contributed by atoms with van der Waals surface area (Å²) in [6.45, 7) is 4.27. The number of carbonyl (C=O) groups is 1. The van der Waals surface area contributed by atoms with Crippen LogP contribution in [0.4, 0.5) is 0 Å². The van der Waals surface area contributed by atoms with Gasteiger partial charge in [-0.05, 0) is 24.5 Å². The van der Waals surface area contributed by atoms with E-state index in [1.165, 1.54) is 0 Å². The van der Waals surface area contributed by atoms with Gasteiger partial charge < -0.3 is 15.2 Å². The van der Waals surface area contributed by atoms with Gasteiger partial charge in [-0.25, -0.2) is 0 Å². The molecule has 102 valence electrons. The van der Waals surface area contributed by atoms with Gasteiger partial charge in [0.2, 0.25) is 0 Å². The van der Waals surface area contributed by atoms with Crippen LogP contribution in [0.2, 0.25) is 0 Å². The third kappa shape index (κ3) is 2.63. The monoisotopic (exact) mass is 261 g/mol. The minimum Gasteiger partial charge on any atom is -0.496 e. The molecule has 1 aromatic carbocycles. The van der Waals surface area contributed by atoms with Crippen molar-refractivity contribution in [3.05, 3.63) is 42.0 Å². The van der Waals surface area contributed by atoms with Gasteiger partial charge in [0.05, 0.1) is 7.11 Å². The maximum Gasteiger partial charge on any atom is 0.312 e. The first-order valence-corrected chi connectivity index (χ1v) is 6.42. The number of methoxy groups -OCH3 is 1. The van der Waals surface area contributed by atoms with Gasteiger partial charge in [-0.3, -0.25) is 4.79 Å². The molecule has 2 unspecified atom stereocenters. The standard InChI is InChI=1S/C15H19NO3/c1-3-9-16-11-8-7-10-5-4-6-12(19-2)13(10)14(11)15(17)18/h3-6,11,14,16H,1,7-9H2,2H3,(H,17,18). The molecule has 1 aromatic rings. The fraction of sp³-hybridized carbons (Fsp3) is 0.400. The number of ether oxygens (including phenoxy) is 1. The number of aliphatic carboxylic acids is 1. The second-order valence-corrected chi connectivity index (χ2v) is 4.69. The third-order valence-electron chi connectivity index (χ3n) is 3.60. The predicted octanol–water partition coefficient (Wildman–Crippen LogP) is 1.95. The number of hydrogen-bond acceptors (Lipinski definition) is 3. The highest BCUT2D eigenvalue weighted by atomic mass is 16.5. The molecule has 0 saturated carbocycles. The minimum atomic E-state index is -0.813. The van der Waals surface area contributed by atoms with Crippen molar-refractivity contribution in [1.82, 2.24) is 5.32 Å². The van der Waals surface area contributed by atoms with Crippen molar-refractivity contribution >= 4 is 5.97 Å². The molecule has 0 spiro atoms. The Morgan fingerprint density at radius 2 is 2.42 bits per heavy atom. The van der Waals surface area contributed by atoms with E-state index in [1.807, 2.05) is 18.2 Å². The van der Waals surface area contributed by atoms with Crippen molar-refractivity contribution in [3.8, 4) is 5.75 Å². The lowest BCUT2D eigenvalue weighted by Crippen LogP contribution is -2.42. The molecule has 1 aliphatic carbocycles. The lowest BCUT2D eigenvalue weighted by molar-refractivity contribution is -0.139. The normalized spacial score (nSPS) is 21.5. The molecule has 2 atom stereocenters. The second-order valence-electron chi connectivity index (χ2n) is 4.69. The van der Waals surface area contributed by atoms with Crippen molar-refractivity contribution in [2.24, 2.45) is 0 Å². The lowest BCUT2D eigenvalue weighted by Gasteiger charge is -2.32. The Morgan fingerprint density at radius 1 is 1.63 bits per heavy atom. The van der Waals surface area contributed by atoms with Gasteiger partial charge in [0.1, 0.15) is 11.7 Å². The SMILES string of the molecule is C=CCNC1CCc2cccc(OC)c2C1C(=O)O. The predicted molar refractivity (Wildman–Crippen MR) is 73.7 cm³/mol. The fourth-order valence-electron chi connectivity index (χ4n) is 2.77. The zero-order valence-electron chi connectivity index (χ0n) is 11.1. The Labute approximate surface area is 113 Å². The topological polar surface area (TPSA) is 58.6 Å². The molecule has 0 saturated heterocycles. The molecule has 2 rings (SSSR count). The smallest absolute Gasteiger partial charge is 0.312 e. The first-order valence-electron chi connectivity index (χ1n) is 6.42. The van der Waals surface area contributed by atoms with Crippen molar-refractivity contribution in [3.63, 3.8) is 0 Å². The quantitative estimate of drug-likeness (QED) is 0.795. The zero-order valence-corrected chi connectivity index (χ0v) is 11.1. The summed E-state index contributed by atoms with van der Waals surface area (Å²) in [6.07, 6.45) is 3.42. The van der Waals surface area contributed by atoms with E-state index in [0.29, 0.717) is 12.3 Å². The number of nitrogens with one attached hydrogen (secondary N) is 1. The summed E-state index contributed by atoms with van der Waals surface area (Å²) in [4.78, 5) is 11.6. The number of benzene rings is 1. The molecule has 0 aromatic heterocycles. The van der Waals surface area contributed by atoms with Crippen LogP contribution in [0, 0.1) is 0 Å². The number of hydrogen-bond donors (Lipinski definition) is 2. The van der Waals surface area contributed by atoms with Crippen molar-refractivity contribution < 1.29 is 14.6 Å². The van der Waals surface area contributed by atoms with Crippen LogP contribution in [0.1, 0.15) is 23.5 Å². The van der Waals surface area contributed by atoms with Crippen LogP contribution in [-0.4, -0.2) is 30.8 Å². The molecular formula is C15H19NO3. The summed E-state index contributed by atoms with van der Waals surface area (Å²) in [6, 6.07) is 5.63. The highest BCUT2D eigenvalue weighted by molar-refractivity contribution is 5.79. The van der Waals surface area contributed by atoms with E-state index >= 15 is 0 Å². The maximum absolute atomic E-state index is 11.6. The molecule has 0 heterocycles. The molecular weight excluding hydrogens is 242 g/mol. The highest BCUT2D eigenvalue weighted by Gasteiger charge is 2.36. The lowest BCUT2D eigenvalue weighted by atomic mass is 9.78. The molecule has 0 radical (unpaired) electrons. The first-order chi connectivity index (χ1) is 9.19. The number of rotatable bonds is 5. The highest BCUT2D eigenvalue weighted by Crippen LogP contribution is 2.38. The Bertz CT molecular complexity index is 470. The molecule has 4 nitrogen and oxygen atoms in total. The number of carboxylic acid groups (broad SMARTS) is 1. The van der Waals surface area contributed by atoms with Gasteiger partial charge >= 0.3 is 5.97 Å². The van der Waals surface area contributed by atoms with Crippen molar-refractivity contribution in [1.29, 1.82) is 0 Å².